The van der Waals surface area contributed by atoms with Gasteiger partial charge in [-0.25, -0.2) is 4.98 Å². The molecule has 1 N–H and O–H groups in total. The molecular weight excluding hydrogens is 252 g/mol. The molecule has 0 aliphatic carbocycles. The van der Waals surface area contributed by atoms with Gasteiger partial charge < -0.3 is 14.8 Å². The van der Waals surface area contributed by atoms with Crippen molar-refractivity contribution in [3.8, 4) is 0 Å². The first-order chi connectivity index (χ1) is 9.84. The van der Waals surface area contributed by atoms with E-state index in [9.17, 15) is 4.79 Å². The second-order valence-corrected chi connectivity index (χ2v) is 5.89. The molecule has 1 aromatic rings. The van der Waals surface area contributed by atoms with Gasteiger partial charge in [0, 0.05) is 25.3 Å². The molecule has 1 amide bonds. The smallest absolute Gasteiger partial charge is 0.242 e. The minimum absolute atomic E-state index is 0.236. The molecule has 2 saturated heterocycles. The van der Waals surface area contributed by atoms with Crippen molar-refractivity contribution in [1.29, 1.82) is 0 Å². The molecule has 0 radical (unpaired) electrons. The summed E-state index contributed by atoms with van der Waals surface area (Å²) >= 11 is 0. The van der Waals surface area contributed by atoms with Crippen LogP contribution in [0.4, 0.5) is 0 Å². The van der Waals surface area contributed by atoms with Gasteiger partial charge in [0.25, 0.3) is 0 Å². The van der Waals surface area contributed by atoms with Gasteiger partial charge in [0.2, 0.25) is 5.91 Å². The number of imidazole rings is 1. The minimum Gasteiger partial charge on any atom is -0.341 e. The van der Waals surface area contributed by atoms with Crippen molar-refractivity contribution in [2.75, 3.05) is 19.6 Å². The Morgan fingerprint density at radius 2 is 2.10 bits per heavy atom. The van der Waals surface area contributed by atoms with E-state index >= 15 is 0 Å². The SMILES string of the molecule is O=C(Cn1cncc1C1CCCCN1)N1CCCCC1. The Morgan fingerprint density at radius 3 is 2.85 bits per heavy atom. The van der Waals surface area contributed by atoms with Gasteiger partial charge in [0.05, 0.1) is 12.0 Å². The molecule has 5 nitrogen and oxygen atoms in total. The van der Waals surface area contributed by atoms with Gasteiger partial charge in [-0.1, -0.05) is 6.42 Å². The molecule has 2 aliphatic heterocycles. The average Bonchev–Trinajstić information content (AvgIpc) is 2.97. The molecule has 2 fully saturated rings. The fourth-order valence-electron chi connectivity index (χ4n) is 3.25. The summed E-state index contributed by atoms with van der Waals surface area (Å²) < 4.78 is 2.03. The predicted octanol–water partition coefficient (Wildman–Crippen LogP) is 1.71. The maximum Gasteiger partial charge on any atom is 0.242 e. The number of likely N-dealkylation sites (tertiary alicyclic amines) is 1. The standard InChI is InChI=1S/C15H24N4O/c20-15(18-8-4-1-5-9-18)11-19-12-16-10-14(19)13-6-2-3-7-17-13/h10,12-13,17H,1-9,11H2. The fourth-order valence-corrected chi connectivity index (χ4v) is 3.25. The predicted molar refractivity (Wildman–Crippen MR) is 77.3 cm³/mol. The number of amides is 1. The monoisotopic (exact) mass is 276 g/mol. The number of rotatable bonds is 3. The van der Waals surface area contributed by atoms with Crippen LogP contribution in [-0.4, -0.2) is 40.0 Å². The molecule has 20 heavy (non-hydrogen) atoms. The summed E-state index contributed by atoms with van der Waals surface area (Å²) in [6.45, 7) is 3.35. The van der Waals surface area contributed by atoms with Crippen molar-refractivity contribution in [2.45, 2.75) is 51.1 Å². The second-order valence-electron chi connectivity index (χ2n) is 5.89. The third-order valence-corrected chi connectivity index (χ3v) is 4.43. The van der Waals surface area contributed by atoms with E-state index < -0.39 is 0 Å². The highest BCUT2D eigenvalue weighted by molar-refractivity contribution is 5.76. The molecule has 3 rings (SSSR count). The number of piperidine rings is 2. The largest absolute Gasteiger partial charge is 0.341 e. The number of carbonyl (C=O) groups excluding carboxylic acids is 1. The summed E-state index contributed by atoms with van der Waals surface area (Å²) in [6, 6.07) is 0.361. The van der Waals surface area contributed by atoms with Crippen LogP contribution < -0.4 is 5.32 Å². The van der Waals surface area contributed by atoms with E-state index in [1.165, 1.54) is 19.3 Å². The Labute approximate surface area is 120 Å². The number of hydrogen-bond acceptors (Lipinski definition) is 3. The van der Waals surface area contributed by atoms with Crippen LogP contribution in [0, 0.1) is 0 Å². The van der Waals surface area contributed by atoms with Crippen LogP contribution in [0.15, 0.2) is 12.5 Å². The van der Waals surface area contributed by atoms with Gasteiger partial charge in [-0.2, -0.15) is 0 Å². The Balaban J connectivity index is 1.65. The van der Waals surface area contributed by atoms with Crippen LogP contribution in [0.1, 0.15) is 50.3 Å². The molecule has 5 heteroatoms. The molecule has 1 aromatic heterocycles. The summed E-state index contributed by atoms with van der Waals surface area (Å²) in [6.07, 6.45) is 10.9. The molecule has 0 bridgehead atoms. The molecule has 0 saturated carbocycles. The van der Waals surface area contributed by atoms with Gasteiger partial charge in [-0.3, -0.25) is 4.79 Å². The molecular formula is C15H24N4O. The zero-order chi connectivity index (χ0) is 13.8. The number of carbonyl (C=O) groups is 1. The van der Waals surface area contributed by atoms with Gasteiger partial charge >= 0.3 is 0 Å². The third kappa shape index (κ3) is 3.03. The van der Waals surface area contributed by atoms with E-state index in [2.05, 4.69) is 10.3 Å². The van der Waals surface area contributed by atoms with Gasteiger partial charge in [-0.05, 0) is 38.6 Å². The lowest BCUT2D eigenvalue weighted by Crippen LogP contribution is -2.38. The summed E-state index contributed by atoms with van der Waals surface area (Å²) in [5, 5.41) is 3.53. The highest BCUT2D eigenvalue weighted by Crippen LogP contribution is 2.22. The van der Waals surface area contributed by atoms with Crippen molar-refractivity contribution in [2.24, 2.45) is 0 Å². The first kappa shape index (κ1) is 13.6. The second kappa shape index (κ2) is 6.39. The highest BCUT2D eigenvalue weighted by Gasteiger charge is 2.21. The topological polar surface area (TPSA) is 50.2 Å². The third-order valence-electron chi connectivity index (χ3n) is 4.43. The first-order valence-electron chi connectivity index (χ1n) is 7.86. The van der Waals surface area contributed by atoms with Crippen LogP contribution in [0.2, 0.25) is 0 Å². The normalized spacial score (nSPS) is 23.8. The quantitative estimate of drug-likeness (QED) is 0.914. The van der Waals surface area contributed by atoms with E-state index in [1.807, 2.05) is 15.7 Å². The lowest BCUT2D eigenvalue weighted by molar-refractivity contribution is -0.132. The Hall–Kier alpha value is -1.36. The maximum atomic E-state index is 12.4. The molecule has 110 valence electrons. The van der Waals surface area contributed by atoms with E-state index in [1.54, 1.807) is 6.33 Å². The summed E-state index contributed by atoms with van der Waals surface area (Å²) in [4.78, 5) is 18.6. The van der Waals surface area contributed by atoms with Crippen molar-refractivity contribution in [1.82, 2.24) is 19.8 Å². The van der Waals surface area contributed by atoms with Crippen molar-refractivity contribution in [3.05, 3.63) is 18.2 Å². The minimum atomic E-state index is 0.236. The lowest BCUT2D eigenvalue weighted by atomic mass is 10.0. The molecule has 1 unspecified atom stereocenters. The van der Waals surface area contributed by atoms with Crippen LogP contribution in [0.3, 0.4) is 0 Å². The van der Waals surface area contributed by atoms with Crippen molar-refractivity contribution in [3.63, 3.8) is 0 Å². The molecule has 0 aromatic carbocycles. The summed E-state index contributed by atoms with van der Waals surface area (Å²) in [5.41, 5.74) is 1.16. The first-order valence-corrected chi connectivity index (χ1v) is 7.86. The highest BCUT2D eigenvalue weighted by atomic mass is 16.2. The number of aromatic nitrogens is 2. The van der Waals surface area contributed by atoms with Crippen LogP contribution >= 0.6 is 0 Å². The lowest BCUT2D eigenvalue weighted by Gasteiger charge is -2.28. The van der Waals surface area contributed by atoms with Gasteiger partial charge in [-0.15, -0.1) is 0 Å². The molecule has 0 spiro atoms. The van der Waals surface area contributed by atoms with Crippen LogP contribution in [0.5, 0.6) is 0 Å². The molecule has 3 heterocycles. The van der Waals surface area contributed by atoms with Crippen molar-refractivity contribution >= 4 is 5.91 Å². The average molecular weight is 276 g/mol. The Kier molecular flexibility index (Phi) is 4.35. The zero-order valence-corrected chi connectivity index (χ0v) is 12.1. The molecule has 1 atom stereocenters. The maximum absolute atomic E-state index is 12.4. The Morgan fingerprint density at radius 1 is 1.25 bits per heavy atom. The van der Waals surface area contributed by atoms with E-state index in [0.717, 1.165) is 44.6 Å². The van der Waals surface area contributed by atoms with Crippen molar-refractivity contribution < 1.29 is 4.79 Å². The van der Waals surface area contributed by atoms with E-state index in [-0.39, 0.29) is 5.91 Å². The number of hydrogen-bond donors (Lipinski definition) is 1. The van der Waals surface area contributed by atoms with Gasteiger partial charge in [0.15, 0.2) is 0 Å². The Bertz CT molecular complexity index is 444. The molecule has 2 aliphatic rings. The zero-order valence-electron chi connectivity index (χ0n) is 12.1. The van der Waals surface area contributed by atoms with E-state index in [0.29, 0.717) is 12.6 Å². The van der Waals surface area contributed by atoms with Crippen LogP contribution in [0.25, 0.3) is 0 Å². The fraction of sp³-hybridized carbons (Fsp3) is 0.733. The summed E-state index contributed by atoms with van der Waals surface area (Å²) in [5.74, 6) is 0.236. The van der Waals surface area contributed by atoms with Crippen LogP contribution in [-0.2, 0) is 11.3 Å². The summed E-state index contributed by atoms with van der Waals surface area (Å²) in [7, 11) is 0. The number of nitrogens with zero attached hydrogens (tertiary/aromatic N) is 3. The van der Waals surface area contributed by atoms with Gasteiger partial charge in [0.1, 0.15) is 6.54 Å². The number of nitrogens with one attached hydrogen (secondary N) is 1. The van der Waals surface area contributed by atoms with E-state index in [4.69, 9.17) is 0 Å².